The van der Waals surface area contributed by atoms with Gasteiger partial charge in [-0.1, -0.05) is 19.8 Å². The molecule has 2 N–H and O–H groups in total. The van der Waals surface area contributed by atoms with Gasteiger partial charge in [0.25, 0.3) is 0 Å². The van der Waals surface area contributed by atoms with Crippen LogP contribution in [0.2, 0.25) is 0 Å². The van der Waals surface area contributed by atoms with Gasteiger partial charge in [-0.25, -0.2) is 0 Å². The number of likely N-dealkylation sites (N-methyl/N-ethyl adjacent to an activating group) is 1. The lowest BCUT2D eigenvalue weighted by Gasteiger charge is -2.18. The lowest BCUT2D eigenvalue weighted by atomic mass is 10.2. The minimum atomic E-state index is -0.127. The van der Waals surface area contributed by atoms with Crippen LogP contribution in [0.15, 0.2) is 0 Å². The van der Waals surface area contributed by atoms with Crippen LogP contribution in [0, 0.1) is 0 Å². The molecule has 0 heterocycles. The molecule has 1 atom stereocenters. The van der Waals surface area contributed by atoms with Crippen LogP contribution in [0.5, 0.6) is 0 Å². The number of rotatable bonds is 12. The van der Waals surface area contributed by atoms with Crippen LogP contribution < -0.4 is 10.6 Å². The van der Waals surface area contributed by atoms with Crippen LogP contribution in [-0.2, 0) is 9.53 Å². The van der Waals surface area contributed by atoms with Gasteiger partial charge in [-0.15, -0.1) is 0 Å². The molecule has 0 saturated heterocycles. The van der Waals surface area contributed by atoms with Crippen LogP contribution >= 0.6 is 0 Å². The second-order valence-corrected chi connectivity index (χ2v) is 4.97. The maximum absolute atomic E-state index is 11.7. The molecule has 0 rings (SSSR count). The highest BCUT2D eigenvalue weighted by Gasteiger charge is 2.10. The number of methoxy groups -OCH3 is 1. The lowest BCUT2D eigenvalue weighted by Crippen LogP contribution is -2.44. The minimum absolute atomic E-state index is 0.0932. The molecule has 0 aromatic rings. The largest absolute Gasteiger partial charge is 0.383 e. The molecule has 0 aliphatic carbocycles. The first-order chi connectivity index (χ1) is 9.11. The van der Waals surface area contributed by atoms with Crippen LogP contribution in [0.25, 0.3) is 0 Å². The summed E-state index contributed by atoms with van der Waals surface area (Å²) >= 11 is 0. The molecule has 0 aromatic heterocycles. The third-order valence-corrected chi connectivity index (χ3v) is 3.09. The molecule has 0 bridgehead atoms. The predicted octanol–water partition coefficient (Wildman–Crippen LogP) is 0.849. The van der Waals surface area contributed by atoms with Crippen LogP contribution in [0.1, 0.15) is 33.1 Å². The Morgan fingerprint density at radius 1 is 1.26 bits per heavy atom. The first-order valence-corrected chi connectivity index (χ1v) is 7.30. The number of nitrogens with one attached hydrogen (secondary N) is 2. The maximum atomic E-state index is 11.7. The lowest BCUT2D eigenvalue weighted by molar-refractivity contribution is -0.122. The Morgan fingerprint density at radius 2 is 2.00 bits per heavy atom. The first-order valence-electron chi connectivity index (χ1n) is 7.30. The zero-order chi connectivity index (χ0) is 14.5. The van der Waals surface area contributed by atoms with Crippen molar-refractivity contribution in [2.45, 2.75) is 39.2 Å². The van der Waals surface area contributed by atoms with Crippen molar-refractivity contribution in [1.29, 1.82) is 0 Å². The fraction of sp³-hybridized carbons (Fsp3) is 0.929. The summed E-state index contributed by atoms with van der Waals surface area (Å²) in [5, 5.41) is 6.19. The minimum Gasteiger partial charge on any atom is -0.383 e. The molecule has 5 heteroatoms. The monoisotopic (exact) mass is 273 g/mol. The van der Waals surface area contributed by atoms with E-state index in [9.17, 15) is 4.79 Å². The Kier molecular flexibility index (Phi) is 12.0. The normalized spacial score (nSPS) is 12.7. The summed E-state index contributed by atoms with van der Waals surface area (Å²) in [5.74, 6) is 0.0932. The highest BCUT2D eigenvalue weighted by Crippen LogP contribution is 1.92. The summed E-state index contributed by atoms with van der Waals surface area (Å²) in [4.78, 5) is 13.9. The van der Waals surface area contributed by atoms with Gasteiger partial charge < -0.3 is 20.3 Å². The Balaban J connectivity index is 3.55. The molecule has 1 amide bonds. The topological polar surface area (TPSA) is 53.6 Å². The van der Waals surface area contributed by atoms with E-state index in [1.807, 2.05) is 6.92 Å². The molecule has 114 valence electrons. The molecule has 0 aliphatic heterocycles. The van der Waals surface area contributed by atoms with Gasteiger partial charge in [0.2, 0.25) is 5.91 Å². The van der Waals surface area contributed by atoms with Gasteiger partial charge in [0.05, 0.1) is 12.6 Å². The maximum Gasteiger partial charge on any atom is 0.236 e. The van der Waals surface area contributed by atoms with Crippen molar-refractivity contribution >= 4 is 5.91 Å². The van der Waals surface area contributed by atoms with Crippen molar-refractivity contribution in [2.75, 3.05) is 46.9 Å². The quantitative estimate of drug-likeness (QED) is 0.518. The molecule has 0 fully saturated rings. The van der Waals surface area contributed by atoms with Crippen molar-refractivity contribution in [3.63, 3.8) is 0 Å². The Morgan fingerprint density at radius 3 is 2.63 bits per heavy atom. The number of hydrogen-bond donors (Lipinski definition) is 2. The number of nitrogens with zero attached hydrogens (tertiary/aromatic N) is 1. The molecular formula is C14H31N3O2. The zero-order valence-electron chi connectivity index (χ0n) is 13.0. The number of ether oxygens (including phenoxy) is 1. The molecule has 0 aliphatic rings. The number of carbonyl (C=O) groups is 1. The number of hydrogen-bond acceptors (Lipinski definition) is 4. The van der Waals surface area contributed by atoms with E-state index in [-0.39, 0.29) is 11.9 Å². The van der Waals surface area contributed by atoms with Gasteiger partial charge in [0.15, 0.2) is 0 Å². The molecule has 0 aromatic carbocycles. The van der Waals surface area contributed by atoms with Crippen LogP contribution in [-0.4, -0.2) is 63.8 Å². The van der Waals surface area contributed by atoms with Crippen LogP contribution in [0.3, 0.4) is 0 Å². The fourth-order valence-electron chi connectivity index (χ4n) is 1.66. The van der Waals surface area contributed by atoms with E-state index in [1.54, 1.807) is 7.11 Å². The van der Waals surface area contributed by atoms with Gasteiger partial charge in [-0.3, -0.25) is 4.79 Å². The van der Waals surface area contributed by atoms with Crippen molar-refractivity contribution < 1.29 is 9.53 Å². The summed E-state index contributed by atoms with van der Waals surface area (Å²) in [7, 11) is 3.76. The predicted molar refractivity (Wildman–Crippen MR) is 79.4 cm³/mol. The van der Waals surface area contributed by atoms with E-state index < -0.39 is 0 Å². The van der Waals surface area contributed by atoms with Crippen molar-refractivity contribution in [2.24, 2.45) is 0 Å². The molecule has 0 spiro atoms. The smallest absolute Gasteiger partial charge is 0.236 e. The highest BCUT2D eigenvalue weighted by atomic mass is 16.5. The number of carbonyl (C=O) groups excluding carboxylic acids is 1. The SMILES string of the molecule is CCCCCNC(=O)C(C)NCCN(C)CCOC. The van der Waals surface area contributed by atoms with Gasteiger partial charge in [0.1, 0.15) is 0 Å². The van der Waals surface area contributed by atoms with Gasteiger partial charge in [-0.05, 0) is 20.4 Å². The van der Waals surface area contributed by atoms with E-state index in [0.29, 0.717) is 0 Å². The number of amides is 1. The zero-order valence-corrected chi connectivity index (χ0v) is 13.0. The van der Waals surface area contributed by atoms with Crippen molar-refractivity contribution in [3.05, 3.63) is 0 Å². The summed E-state index contributed by atoms with van der Waals surface area (Å²) in [6, 6.07) is -0.127. The van der Waals surface area contributed by atoms with Crippen molar-refractivity contribution in [1.82, 2.24) is 15.5 Å². The third-order valence-electron chi connectivity index (χ3n) is 3.09. The summed E-state index contributed by atoms with van der Waals surface area (Å²) in [6.45, 7) is 8.23. The number of unbranched alkanes of at least 4 members (excludes halogenated alkanes) is 2. The fourth-order valence-corrected chi connectivity index (χ4v) is 1.66. The Labute approximate surface area is 118 Å². The van der Waals surface area contributed by atoms with E-state index in [1.165, 1.54) is 12.8 Å². The van der Waals surface area contributed by atoms with E-state index in [2.05, 4.69) is 29.5 Å². The average molecular weight is 273 g/mol. The summed E-state index contributed by atoms with van der Waals surface area (Å²) < 4.78 is 5.02. The molecule has 1 unspecified atom stereocenters. The van der Waals surface area contributed by atoms with Gasteiger partial charge in [-0.2, -0.15) is 0 Å². The van der Waals surface area contributed by atoms with Crippen molar-refractivity contribution in [3.8, 4) is 0 Å². The summed E-state index contributed by atoms with van der Waals surface area (Å²) in [5.41, 5.74) is 0. The second-order valence-electron chi connectivity index (χ2n) is 4.97. The summed E-state index contributed by atoms with van der Waals surface area (Å²) in [6.07, 6.45) is 3.42. The second kappa shape index (κ2) is 12.4. The third kappa shape index (κ3) is 10.9. The molecular weight excluding hydrogens is 242 g/mol. The Bertz CT molecular complexity index is 225. The van der Waals surface area contributed by atoms with Gasteiger partial charge >= 0.3 is 0 Å². The standard InChI is InChI=1S/C14H31N3O2/c1-5-6-7-8-16-14(18)13(2)15-9-10-17(3)11-12-19-4/h13,15H,5-12H2,1-4H3,(H,16,18). The van der Waals surface area contributed by atoms with E-state index >= 15 is 0 Å². The van der Waals surface area contributed by atoms with Crippen LogP contribution in [0.4, 0.5) is 0 Å². The van der Waals surface area contributed by atoms with E-state index in [0.717, 1.165) is 39.2 Å². The first kappa shape index (κ1) is 18.4. The molecule has 0 saturated carbocycles. The average Bonchev–Trinajstić information content (AvgIpc) is 2.40. The Hall–Kier alpha value is -0.650. The highest BCUT2D eigenvalue weighted by molar-refractivity contribution is 5.81. The van der Waals surface area contributed by atoms with Gasteiger partial charge in [0, 0.05) is 33.3 Å². The molecule has 5 nitrogen and oxygen atoms in total. The van der Waals surface area contributed by atoms with E-state index in [4.69, 9.17) is 4.74 Å². The molecule has 19 heavy (non-hydrogen) atoms. The molecule has 0 radical (unpaired) electrons.